The first-order valence-corrected chi connectivity index (χ1v) is 11.4. The fraction of sp³-hybridized carbons (Fsp3) is 0.348. The molecular formula is C23H23BrN4O2. The summed E-state index contributed by atoms with van der Waals surface area (Å²) in [7, 11) is 0. The number of nitrogens with one attached hydrogen (secondary N) is 1. The van der Waals surface area contributed by atoms with Crippen molar-refractivity contribution in [3.63, 3.8) is 0 Å². The number of fused-ring (bicyclic) bond motifs is 3. The molecule has 1 saturated carbocycles. The van der Waals surface area contributed by atoms with Crippen molar-refractivity contribution in [1.82, 2.24) is 20.3 Å². The van der Waals surface area contributed by atoms with E-state index < -0.39 is 0 Å². The van der Waals surface area contributed by atoms with Crippen LogP contribution in [0.5, 0.6) is 0 Å². The van der Waals surface area contributed by atoms with E-state index in [9.17, 15) is 4.79 Å². The largest absolute Gasteiger partial charge is 0.449 e. The fourth-order valence-electron chi connectivity index (χ4n) is 4.51. The van der Waals surface area contributed by atoms with Gasteiger partial charge in [-0.2, -0.15) is 0 Å². The zero-order valence-electron chi connectivity index (χ0n) is 16.5. The minimum atomic E-state index is -0.345. The molecule has 1 fully saturated rings. The number of hydrogen-bond acceptors (Lipinski definition) is 4. The maximum Gasteiger partial charge on any atom is 0.407 e. The van der Waals surface area contributed by atoms with Crippen LogP contribution in [-0.4, -0.2) is 34.2 Å². The van der Waals surface area contributed by atoms with Gasteiger partial charge in [0.05, 0.1) is 11.7 Å². The number of benzene rings is 2. The van der Waals surface area contributed by atoms with Gasteiger partial charge in [-0.05, 0) is 41.0 Å². The van der Waals surface area contributed by atoms with Crippen LogP contribution < -0.4 is 5.32 Å². The van der Waals surface area contributed by atoms with E-state index in [1.807, 2.05) is 23.0 Å². The zero-order valence-corrected chi connectivity index (χ0v) is 18.1. The summed E-state index contributed by atoms with van der Waals surface area (Å²) in [6.45, 7) is 0.981. The lowest BCUT2D eigenvalue weighted by Gasteiger charge is -2.34. The monoisotopic (exact) mass is 466 g/mol. The third-order valence-corrected chi connectivity index (χ3v) is 6.73. The Labute approximate surface area is 183 Å². The van der Waals surface area contributed by atoms with Crippen LogP contribution in [-0.2, 0) is 10.1 Å². The molecular weight excluding hydrogens is 444 g/mol. The molecule has 2 aliphatic rings. The first-order chi connectivity index (χ1) is 14.7. The molecule has 3 aromatic rings. The number of carbonyl (C=O) groups excluding carboxylic acids is 1. The molecule has 0 aliphatic heterocycles. The van der Waals surface area contributed by atoms with E-state index in [-0.39, 0.29) is 12.0 Å². The van der Waals surface area contributed by atoms with Crippen LogP contribution in [0.3, 0.4) is 0 Å². The highest BCUT2D eigenvalue weighted by atomic mass is 79.9. The van der Waals surface area contributed by atoms with Gasteiger partial charge in [0.25, 0.3) is 0 Å². The van der Waals surface area contributed by atoms with E-state index in [1.165, 1.54) is 22.3 Å². The van der Waals surface area contributed by atoms with E-state index >= 15 is 0 Å². The van der Waals surface area contributed by atoms with Crippen LogP contribution in [0.25, 0.3) is 11.1 Å². The van der Waals surface area contributed by atoms with Crippen LogP contribution in [0.1, 0.15) is 41.6 Å². The molecule has 7 heteroatoms. The molecule has 30 heavy (non-hydrogen) atoms. The van der Waals surface area contributed by atoms with Crippen molar-refractivity contribution in [3.8, 4) is 11.1 Å². The number of halogens is 1. The molecule has 1 aromatic heterocycles. The van der Waals surface area contributed by atoms with E-state index in [1.54, 1.807) is 0 Å². The normalized spacial score (nSPS) is 19.6. The summed E-state index contributed by atoms with van der Waals surface area (Å²) in [6, 6.07) is 17.1. The molecule has 6 nitrogen and oxygen atoms in total. The van der Waals surface area contributed by atoms with E-state index in [0.717, 1.165) is 18.5 Å². The van der Waals surface area contributed by atoms with Gasteiger partial charge in [0, 0.05) is 24.0 Å². The average molecular weight is 467 g/mol. The van der Waals surface area contributed by atoms with Crippen LogP contribution in [0.2, 0.25) is 0 Å². The summed E-state index contributed by atoms with van der Waals surface area (Å²) < 4.78 is 7.54. The maximum absolute atomic E-state index is 12.3. The Kier molecular flexibility index (Phi) is 5.29. The molecule has 0 unspecified atom stereocenters. The minimum Gasteiger partial charge on any atom is -0.449 e. The van der Waals surface area contributed by atoms with Crippen molar-refractivity contribution in [1.29, 1.82) is 0 Å². The second-order valence-corrected chi connectivity index (χ2v) is 8.58. The molecule has 0 bridgehead atoms. The quantitative estimate of drug-likeness (QED) is 0.536. The van der Waals surface area contributed by atoms with Crippen LogP contribution in [0, 0.1) is 5.92 Å². The summed E-state index contributed by atoms with van der Waals surface area (Å²) in [4.78, 5) is 12.3. The van der Waals surface area contributed by atoms with Gasteiger partial charge in [0.2, 0.25) is 0 Å². The molecule has 1 N–H and O–H groups in total. The van der Waals surface area contributed by atoms with E-state index in [2.05, 4.69) is 68.0 Å². The van der Waals surface area contributed by atoms with Crippen molar-refractivity contribution < 1.29 is 9.53 Å². The van der Waals surface area contributed by atoms with Crippen molar-refractivity contribution in [2.75, 3.05) is 13.2 Å². The van der Waals surface area contributed by atoms with Gasteiger partial charge >= 0.3 is 6.09 Å². The number of alkyl carbamates (subject to hydrolysis) is 1. The Morgan fingerprint density at radius 2 is 1.77 bits per heavy atom. The average Bonchev–Trinajstić information content (AvgIpc) is 3.34. The Morgan fingerprint density at radius 3 is 2.40 bits per heavy atom. The molecule has 2 aliphatic carbocycles. The Bertz CT molecular complexity index is 1020. The predicted molar refractivity (Wildman–Crippen MR) is 117 cm³/mol. The second-order valence-electron chi connectivity index (χ2n) is 8.02. The highest BCUT2D eigenvalue weighted by Gasteiger charge is 2.32. The number of carbonyl (C=O) groups is 1. The third kappa shape index (κ3) is 3.62. The third-order valence-electron chi connectivity index (χ3n) is 6.16. The zero-order chi connectivity index (χ0) is 20.5. The number of aromatic nitrogens is 3. The topological polar surface area (TPSA) is 69.0 Å². The molecule has 5 rings (SSSR count). The van der Waals surface area contributed by atoms with Crippen LogP contribution in [0.4, 0.5) is 4.79 Å². The number of amides is 1. The summed E-state index contributed by atoms with van der Waals surface area (Å²) in [5.41, 5.74) is 5.86. The molecule has 0 saturated heterocycles. The molecule has 2 aromatic carbocycles. The summed E-state index contributed by atoms with van der Waals surface area (Å²) in [6.07, 6.45) is 3.63. The van der Waals surface area contributed by atoms with Gasteiger partial charge in [0.1, 0.15) is 6.61 Å². The number of hydrogen-bond donors (Lipinski definition) is 1. The van der Waals surface area contributed by atoms with Gasteiger partial charge in [-0.1, -0.05) is 69.7 Å². The lowest BCUT2D eigenvalue weighted by molar-refractivity contribution is 0.131. The highest BCUT2D eigenvalue weighted by Crippen LogP contribution is 2.44. The standard InChI is InChI=1S/C23H23BrN4O2/c24-11-16-13-28(27-26-16)17-9-15(10-17)12-25-23(29)30-14-22-20-7-3-1-5-18(20)19-6-2-4-8-21(19)22/h1-8,13,15,17,22H,9-12,14H2,(H,25,29). The van der Waals surface area contributed by atoms with Crippen LogP contribution >= 0.6 is 15.9 Å². The molecule has 0 spiro atoms. The number of rotatable bonds is 6. The van der Waals surface area contributed by atoms with E-state index in [0.29, 0.717) is 30.4 Å². The minimum absolute atomic E-state index is 0.0900. The lowest BCUT2D eigenvalue weighted by Crippen LogP contribution is -2.37. The summed E-state index contributed by atoms with van der Waals surface area (Å²) in [5.74, 6) is 0.541. The second kappa shape index (κ2) is 8.22. The van der Waals surface area contributed by atoms with Crippen molar-refractivity contribution in [3.05, 3.63) is 71.5 Å². The highest BCUT2D eigenvalue weighted by molar-refractivity contribution is 9.08. The van der Waals surface area contributed by atoms with Crippen LogP contribution in [0.15, 0.2) is 54.7 Å². The fourth-order valence-corrected chi connectivity index (χ4v) is 4.77. The Hall–Kier alpha value is -2.67. The molecule has 0 atom stereocenters. The maximum atomic E-state index is 12.3. The molecule has 154 valence electrons. The number of nitrogens with zero attached hydrogens (tertiary/aromatic N) is 3. The number of alkyl halides is 1. The van der Waals surface area contributed by atoms with Gasteiger partial charge in [-0.3, -0.25) is 0 Å². The predicted octanol–water partition coefficient (Wildman–Crippen LogP) is 4.66. The SMILES string of the molecule is O=C(NCC1CC(n2cc(CBr)nn2)C1)OCC1c2ccccc2-c2ccccc21. The first-order valence-electron chi connectivity index (χ1n) is 10.3. The van der Waals surface area contributed by atoms with E-state index in [4.69, 9.17) is 4.74 Å². The number of ether oxygens (including phenoxy) is 1. The van der Waals surface area contributed by atoms with Crippen molar-refractivity contribution in [2.45, 2.75) is 30.1 Å². The first kappa shape index (κ1) is 19.3. The smallest absolute Gasteiger partial charge is 0.407 e. The van der Waals surface area contributed by atoms with Crippen molar-refractivity contribution in [2.24, 2.45) is 5.92 Å². The van der Waals surface area contributed by atoms with Gasteiger partial charge < -0.3 is 10.1 Å². The molecule has 0 radical (unpaired) electrons. The summed E-state index contributed by atoms with van der Waals surface area (Å²) >= 11 is 3.39. The Balaban J connectivity index is 1.12. The molecule has 1 heterocycles. The van der Waals surface area contributed by atoms with Gasteiger partial charge in [-0.25, -0.2) is 9.48 Å². The van der Waals surface area contributed by atoms with Crippen molar-refractivity contribution >= 4 is 22.0 Å². The lowest BCUT2D eigenvalue weighted by atomic mass is 9.80. The van der Waals surface area contributed by atoms with Gasteiger partial charge in [0.15, 0.2) is 0 Å². The van der Waals surface area contributed by atoms with Gasteiger partial charge in [-0.15, -0.1) is 5.10 Å². The summed E-state index contributed by atoms with van der Waals surface area (Å²) in [5, 5.41) is 11.9. The Morgan fingerprint density at radius 1 is 1.10 bits per heavy atom. The molecule has 1 amide bonds.